The molecule has 0 saturated carbocycles. The van der Waals surface area contributed by atoms with Crippen LogP contribution in [0.2, 0.25) is 0 Å². The molecule has 0 atom stereocenters. The quantitative estimate of drug-likeness (QED) is 0.289. The Bertz CT molecular complexity index is 1270. The monoisotopic (exact) mass is 508 g/mol. The highest BCUT2D eigenvalue weighted by Crippen LogP contribution is 2.39. The number of rotatable bonds is 8. The Morgan fingerprint density at radius 3 is 2.21 bits per heavy atom. The molecule has 0 N–H and O–H groups in total. The number of methoxy groups -OCH3 is 3. The summed E-state index contributed by atoms with van der Waals surface area (Å²) in [5.74, 6) is 2.82. The van der Waals surface area contributed by atoms with Gasteiger partial charge in [0.05, 0.1) is 33.1 Å². The van der Waals surface area contributed by atoms with E-state index in [-0.39, 0.29) is 0 Å². The molecule has 33 heavy (non-hydrogen) atoms. The van der Waals surface area contributed by atoms with Gasteiger partial charge in [-0.2, -0.15) is 0 Å². The molecular formula is C27H27BrNO4+. The average molecular weight is 509 g/mol. The van der Waals surface area contributed by atoms with E-state index in [1.807, 2.05) is 43.4 Å². The summed E-state index contributed by atoms with van der Waals surface area (Å²) in [4.78, 5) is 0. The minimum absolute atomic E-state index is 0.453. The van der Waals surface area contributed by atoms with Crippen LogP contribution in [-0.2, 0) is 20.1 Å². The smallest absolute Gasteiger partial charge is 0.197 e. The van der Waals surface area contributed by atoms with Gasteiger partial charge < -0.3 is 18.9 Å². The van der Waals surface area contributed by atoms with E-state index < -0.39 is 0 Å². The molecule has 3 aromatic carbocycles. The lowest BCUT2D eigenvalue weighted by molar-refractivity contribution is -0.677. The van der Waals surface area contributed by atoms with Crippen LogP contribution in [0.25, 0.3) is 10.8 Å². The molecule has 0 aliphatic rings. The molecule has 1 heterocycles. The third-order valence-corrected chi connectivity index (χ3v) is 6.44. The van der Waals surface area contributed by atoms with Gasteiger partial charge in [0.15, 0.2) is 34.9 Å². The maximum Gasteiger partial charge on any atom is 0.197 e. The van der Waals surface area contributed by atoms with E-state index in [9.17, 15) is 0 Å². The summed E-state index contributed by atoms with van der Waals surface area (Å²) >= 11 is 3.70. The van der Waals surface area contributed by atoms with Crippen molar-refractivity contribution in [3.05, 3.63) is 88.2 Å². The Morgan fingerprint density at radius 1 is 0.818 bits per heavy atom. The summed E-state index contributed by atoms with van der Waals surface area (Å²) in [5.41, 5.74) is 3.27. The molecule has 4 aromatic rings. The molecule has 0 saturated heterocycles. The third kappa shape index (κ3) is 4.76. The number of hydrogen-bond acceptors (Lipinski definition) is 4. The normalized spacial score (nSPS) is 10.8. The molecule has 0 unspecified atom stereocenters. The number of halogens is 1. The van der Waals surface area contributed by atoms with E-state index in [1.165, 1.54) is 0 Å². The van der Waals surface area contributed by atoms with Gasteiger partial charge in [0.25, 0.3) is 0 Å². The summed E-state index contributed by atoms with van der Waals surface area (Å²) in [7, 11) is 7.00. The molecule has 170 valence electrons. The van der Waals surface area contributed by atoms with Crippen molar-refractivity contribution in [2.75, 3.05) is 21.3 Å². The lowest BCUT2D eigenvalue weighted by Crippen LogP contribution is -2.33. The molecule has 0 aliphatic carbocycles. The zero-order valence-corrected chi connectivity index (χ0v) is 20.8. The lowest BCUT2D eigenvalue weighted by atomic mass is 10.0. The number of pyridine rings is 1. The van der Waals surface area contributed by atoms with Gasteiger partial charge in [-0.25, -0.2) is 4.57 Å². The van der Waals surface area contributed by atoms with Crippen molar-refractivity contribution in [2.24, 2.45) is 7.05 Å². The van der Waals surface area contributed by atoms with E-state index in [0.29, 0.717) is 30.3 Å². The number of benzene rings is 3. The summed E-state index contributed by atoms with van der Waals surface area (Å²) in [5, 5.41) is 2.11. The Balaban J connectivity index is 1.84. The summed E-state index contributed by atoms with van der Waals surface area (Å²) in [6, 6.07) is 20.2. The van der Waals surface area contributed by atoms with Gasteiger partial charge in [-0.3, -0.25) is 0 Å². The van der Waals surface area contributed by atoms with Gasteiger partial charge in [0.1, 0.15) is 13.7 Å². The number of fused-ring (bicyclic) bond motifs is 1. The van der Waals surface area contributed by atoms with Gasteiger partial charge in [-0.15, -0.1) is 0 Å². The van der Waals surface area contributed by atoms with Crippen LogP contribution < -0.4 is 23.5 Å². The van der Waals surface area contributed by atoms with Crippen molar-refractivity contribution in [2.45, 2.75) is 13.0 Å². The third-order valence-electron chi connectivity index (χ3n) is 5.70. The standard InChI is InChI=1S/C27H27BrNO4/c1-29-13-12-19-10-11-23(30-2)27(33-17-18-8-6-5-7-9-18)26(19)22(29)14-20-15-24(31-3)25(32-4)16-21(20)28/h5-13,15-16H,14,17H2,1-4H3/q+1. The van der Waals surface area contributed by atoms with Crippen molar-refractivity contribution in [3.63, 3.8) is 0 Å². The maximum absolute atomic E-state index is 6.38. The second-order valence-corrected chi connectivity index (χ2v) is 8.54. The predicted octanol–water partition coefficient (Wildman–Crippen LogP) is 5.62. The second kappa shape index (κ2) is 10.1. The van der Waals surface area contributed by atoms with Crippen LogP contribution >= 0.6 is 15.9 Å². The highest BCUT2D eigenvalue weighted by atomic mass is 79.9. The fourth-order valence-corrected chi connectivity index (χ4v) is 4.40. The number of aryl methyl sites for hydroxylation is 1. The fourth-order valence-electron chi connectivity index (χ4n) is 3.93. The Kier molecular flexibility index (Phi) is 7.04. The number of aromatic nitrogens is 1. The first-order chi connectivity index (χ1) is 16.0. The van der Waals surface area contributed by atoms with Gasteiger partial charge in [0.2, 0.25) is 0 Å². The molecule has 5 nitrogen and oxygen atoms in total. The summed E-state index contributed by atoms with van der Waals surface area (Å²) < 4.78 is 26.1. The predicted molar refractivity (Wildman–Crippen MR) is 133 cm³/mol. The minimum atomic E-state index is 0.453. The van der Waals surface area contributed by atoms with Crippen LogP contribution in [0.3, 0.4) is 0 Å². The van der Waals surface area contributed by atoms with Crippen LogP contribution in [-0.4, -0.2) is 21.3 Å². The van der Waals surface area contributed by atoms with E-state index >= 15 is 0 Å². The van der Waals surface area contributed by atoms with Crippen molar-refractivity contribution in [3.8, 4) is 23.0 Å². The van der Waals surface area contributed by atoms with Gasteiger partial charge in [-0.05, 0) is 40.8 Å². The zero-order valence-electron chi connectivity index (χ0n) is 19.2. The van der Waals surface area contributed by atoms with Crippen molar-refractivity contribution in [1.29, 1.82) is 0 Å². The molecule has 4 rings (SSSR count). The first-order valence-electron chi connectivity index (χ1n) is 10.6. The van der Waals surface area contributed by atoms with E-state index in [0.717, 1.165) is 37.8 Å². The van der Waals surface area contributed by atoms with Crippen molar-refractivity contribution >= 4 is 26.7 Å². The van der Waals surface area contributed by atoms with E-state index in [1.54, 1.807) is 21.3 Å². The van der Waals surface area contributed by atoms with Crippen LogP contribution in [0.5, 0.6) is 23.0 Å². The molecule has 0 spiro atoms. The summed E-state index contributed by atoms with van der Waals surface area (Å²) in [6.45, 7) is 0.453. The lowest BCUT2D eigenvalue weighted by Gasteiger charge is -2.16. The summed E-state index contributed by atoms with van der Waals surface area (Å²) in [6.07, 6.45) is 2.73. The number of ether oxygens (including phenoxy) is 4. The molecule has 0 amide bonds. The minimum Gasteiger partial charge on any atom is -0.493 e. The largest absolute Gasteiger partial charge is 0.493 e. The molecular weight excluding hydrogens is 482 g/mol. The Hall–Kier alpha value is -3.25. The zero-order chi connectivity index (χ0) is 23.4. The molecule has 0 bridgehead atoms. The van der Waals surface area contributed by atoms with Crippen LogP contribution in [0, 0.1) is 0 Å². The highest BCUT2D eigenvalue weighted by molar-refractivity contribution is 9.10. The topological polar surface area (TPSA) is 40.8 Å². The van der Waals surface area contributed by atoms with Gasteiger partial charge >= 0.3 is 0 Å². The first-order valence-corrected chi connectivity index (χ1v) is 11.4. The Labute approximate surface area is 202 Å². The first kappa shape index (κ1) is 22.9. The molecule has 0 aliphatic heterocycles. The SMILES string of the molecule is COc1cc(Br)c(Cc2c3c(OCc4ccccc4)c(OC)ccc3cc[n+]2C)cc1OC. The number of hydrogen-bond donors (Lipinski definition) is 0. The Morgan fingerprint density at radius 2 is 1.52 bits per heavy atom. The second-order valence-electron chi connectivity index (χ2n) is 7.68. The van der Waals surface area contributed by atoms with E-state index in [2.05, 4.69) is 51.0 Å². The molecule has 6 heteroatoms. The van der Waals surface area contributed by atoms with Crippen molar-refractivity contribution < 1.29 is 23.5 Å². The molecule has 0 fully saturated rings. The highest BCUT2D eigenvalue weighted by Gasteiger charge is 2.22. The molecule has 1 aromatic heterocycles. The number of nitrogens with zero attached hydrogens (tertiary/aromatic N) is 1. The van der Waals surface area contributed by atoms with Gasteiger partial charge in [0, 0.05) is 10.5 Å². The maximum atomic E-state index is 6.38. The van der Waals surface area contributed by atoms with E-state index in [4.69, 9.17) is 18.9 Å². The van der Waals surface area contributed by atoms with Crippen molar-refractivity contribution in [1.82, 2.24) is 0 Å². The van der Waals surface area contributed by atoms with Gasteiger partial charge in [-0.1, -0.05) is 46.3 Å². The average Bonchev–Trinajstić information content (AvgIpc) is 2.85. The van der Waals surface area contributed by atoms with Crippen LogP contribution in [0.1, 0.15) is 16.8 Å². The molecule has 0 radical (unpaired) electrons. The fraction of sp³-hybridized carbons (Fsp3) is 0.222. The van der Waals surface area contributed by atoms with Crippen LogP contribution in [0.15, 0.2) is 71.3 Å². The van der Waals surface area contributed by atoms with Crippen LogP contribution in [0.4, 0.5) is 0 Å².